The van der Waals surface area contributed by atoms with E-state index < -0.39 is 45.1 Å². The van der Waals surface area contributed by atoms with Crippen LogP contribution in [0, 0.1) is 0 Å². The van der Waals surface area contributed by atoms with Crippen molar-refractivity contribution < 1.29 is 42.2 Å². The number of thioether (sulfide) groups is 1. The lowest BCUT2D eigenvalue weighted by Crippen LogP contribution is -2.31. The predicted octanol–water partition coefficient (Wildman–Crippen LogP) is 5.11. The van der Waals surface area contributed by atoms with Gasteiger partial charge in [0, 0.05) is 5.75 Å². The van der Waals surface area contributed by atoms with Crippen LogP contribution in [0.15, 0.2) is 6.33 Å². The molecule has 0 aromatic carbocycles. The van der Waals surface area contributed by atoms with Crippen LogP contribution >= 0.6 is 31.2 Å². The minimum Gasteiger partial charge on any atom is -0.479 e. The number of hydrogen-bond acceptors (Lipinski definition) is 11. The van der Waals surface area contributed by atoms with Gasteiger partial charge in [0.1, 0.15) is 12.2 Å². The van der Waals surface area contributed by atoms with Crippen molar-refractivity contribution in [1.82, 2.24) is 19.5 Å². The molecule has 1 aliphatic rings. The second-order valence-corrected chi connectivity index (χ2v) is 12.7. The van der Waals surface area contributed by atoms with Gasteiger partial charge in [0.25, 0.3) is 0 Å². The smallest absolute Gasteiger partial charge is 0.472 e. The number of rotatable bonds is 19. The number of halogens is 2. The van der Waals surface area contributed by atoms with Gasteiger partial charge in [0.15, 0.2) is 23.6 Å². The van der Waals surface area contributed by atoms with Gasteiger partial charge in [-0.2, -0.15) is 21.7 Å². The largest absolute Gasteiger partial charge is 0.479 e. The van der Waals surface area contributed by atoms with Crippen molar-refractivity contribution in [2.75, 3.05) is 32.3 Å². The fourth-order valence-electron chi connectivity index (χ4n) is 4.56. The van der Waals surface area contributed by atoms with E-state index in [1.807, 2.05) is 13.2 Å². The zero-order valence-corrected chi connectivity index (χ0v) is 26.3. The van der Waals surface area contributed by atoms with Crippen LogP contribution in [0.5, 0.6) is 5.88 Å². The third kappa shape index (κ3) is 9.97. The van der Waals surface area contributed by atoms with E-state index in [1.54, 1.807) is 0 Å². The first-order valence-corrected chi connectivity index (χ1v) is 17.0. The third-order valence-corrected chi connectivity index (χ3v) is 8.52. The molecule has 0 saturated carbocycles. The number of fused-ring (bicyclic) bond motifs is 1. The third-order valence-electron chi connectivity index (χ3n) is 6.69. The number of unbranched alkanes of at least 4 members (excludes halogenated alkanes) is 5. The Hall–Kier alpha value is -1.09. The van der Waals surface area contributed by atoms with Gasteiger partial charge in [-0.15, -0.1) is 0 Å². The summed E-state index contributed by atoms with van der Waals surface area (Å²) in [5, 5.41) is 10.3. The molecule has 0 amide bonds. The van der Waals surface area contributed by atoms with Crippen LogP contribution in [0.25, 0.3) is 11.2 Å². The average molecular weight is 643 g/mol. The molecule has 3 rings (SSSR count). The van der Waals surface area contributed by atoms with Crippen molar-refractivity contribution >= 4 is 42.3 Å². The molecule has 16 heteroatoms. The van der Waals surface area contributed by atoms with Gasteiger partial charge in [-0.3, -0.25) is 13.6 Å². The average Bonchev–Trinajstić information content (AvgIpc) is 3.48. The number of aliphatic hydroxyl groups is 1. The van der Waals surface area contributed by atoms with Gasteiger partial charge in [0.05, 0.1) is 38.9 Å². The van der Waals surface area contributed by atoms with Crippen molar-refractivity contribution in [3.63, 3.8) is 0 Å². The molecule has 0 spiro atoms. The highest BCUT2D eigenvalue weighted by Crippen LogP contribution is 2.45. The molecule has 5 unspecified atom stereocenters. The van der Waals surface area contributed by atoms with Crippen LogP contribution in [0.2, 0.25) is 5.28 Å². The van der Waals surface area contributed by atoms with E-state index in [-0.39, 0.29) is 35.0 Å². The van der Waals surface area contributed by atoms with E-state index in [4.69, 9.17) is 34.9 Å². The molecule has 41 heavy (non-hydrogen) atoms. The van der Waals surface area contributed by atoms with Crippen molar-refractivity contribution in [1.29, 1.82) is 0 Å². The van der Waals surface area contributed by atoms with Gasteiger partial charge in [0.2, 0.25) is 11.2 Å². The lowest BCUT2D eigenvalue weighted by molar-refractivity contribution is -0.0513. The first kappa shape index (κ1) is 34.4. The van der Waals surface area contributed by atoms with Gasteiger partial charge in [-0.25, -0.2) is 13.9 Å². The van der Waals surface area contributed by atoms with Gasteiger partial charge < -0.3 is 24.2 Å². The summed E-state index contributed by atoms with van der Waals surface area (Å²) in [6.07, 6.45) is 4.53. The molecule has 2 N–H and O–H groups in total. The predicted molar refractivity (Wildman–Crippen MR) is 154 cm³/mol. The molecule has 1 fully saturated rings. The maximum absolute atomic E-state index is 15.1. The van der Waals surface area contributed by atoms with Crippen LogP contribution in [0.3, 0.4) is 0 Å². The topological polar surface area (TPSA) is 147 Å². The van der Waals surface area contributed by atoms with E-state index in [2.05, 4.69) is 21.9 Å². The molecule has 2 aromatic rings. The minimum absolute atomic E-state index is 0.0271. The molecule has 0 aliphatic carbocycles. The highest BCUT2D eigenvalue weighted by atomic mass is 35.5. The monoisotopic (exact) mass is 642 g/mol. The SMILES string of the molecule is CCCCCCCCC(C)OC(COP(=O)(O)OC[C@H]1O[C@@H](n2cnc3c(OC)nc(Cl)nc32)C(F)C1O)CSC. The number of phosphoric ester groups is 1. The summed E-state index contributed by atoms with van der Waals surface area (Å²) >= 11 is 7.48. The first-order chi connectivity index (χ1) is 19.6. The summed E-state index contributed by atoms with van der Waals surface area (Å²) in [5.74, 6) is 0.653. The Morgan fingerprint density at radius 2 is 1.98 bits per heavy atom. The van der Waals surface area contributed by atoms with Crippen LogP contribution in [-0.2, 0) is 23.1 Å². The summed E-state index contributed by atoms with van der Waals surface area (Å²) < 4.78 is 56.0. The van der Waals surface area contributed by atoms with E-state index in [0.29, 0.717) is 5.75 Å². The first-order valence-electron chi connectivity index (χ1n) is 13.8. The summed E-state index contributed by atoms with van der Waals surface area (Å²) in [4.78, 5) is 22.4. The van der Waals surface area contributed by atoms with E-state index in [0.717, 1.165) is 19.3 Å². The molecule has 0 radical (unpaired) electrons. The Balaban J connectivity index is 1.51. The molecule has 1 aliphatic heterocycles. The normalized spacial score (nSPS) is 24.0. The summed E-state index contributed by atoms with van der Waals surface area (Å²) in [6.45, 7) is 3.41. The number of methoxy groups -OCH3 is 1. The Bertz CT molecular complexity index is 1140. The molecule has 0 bridgehead atoms. The van der Waals surface area contributed by atoms with Crippen LogP contribution in [0.4, 0.5) is 4.39 Å². The number of nitrogens with zero attached hydrogens (tertiary/aromatic N) is 4. The Kier molecular flexibility index (Phi) is 14.0. The zero-order chi connectivity index (χ0) is 30.0. The van der Waals surface area contributed by atoms with Gasteiger partial charge >= 0.3 is 7.82 Å². The van der Waals surface area contributed by atoms with Crippen molar-refractivity contribution in [3.8, 4) is 5.88 Å². The van der Waals surface area contributed by atoms with E-state index in [1.165, 1.54) is 55.4 Å². The zero-order valence-electron chi connectivity index (χ0n) is 23.9. The van der Waals surface area contributed by atoms with Crippen molar-refractivity contribution in [2.24, 2.45) is 0 Å². The molecular formula is C25H41ClFN4O8PS. The van der Waals surface area contributed by atoms with Crippen LogP contribution < -0.4 is 4.74 Å². The highest BCUT2D eigenvalue weighted by Gasteiger charge is 2.47. The Morgan fingerprint density at radius 3 is 2.68 bits per heavy atom. The number of hydrogen-bond donors (Lipinski definition) is 2. The number of alkyl halides is 1. The minimum atomic E-state index is -4.56. The molecule has 12 nitrogen and oxygen atoms in total. The molecular weight excluding hydrogens is 602 g/mol. The second-order valence-electron chi connectivity index (χ2n) is 9.97. The molecule has 1 saturated heterocycles. The fourth-order valence-corrected chi connectivity index (χ4v) is 6.03. The number of aromatic nitrogens is 4. The number of aliphatic hydroxyl groups excluding tert-OH is 1. The lowest BCUT2D eigenvalue weighted by Gasteiger charge is -2.23. The Morgan fingerprint density at radius 1 is 1.24 bits per heavy atom. The summed E-state index contributed by atoms with van der Waals surface area (Å²) in [6, 6.07) is 0. The van der Waals surface area contributed by atoms with Crippen LogP contribution in [0.1, 0.15) is 65.0 Å². The molecule has 3 heterocycles. The maximum Gasteiger partial charge on any atom is 0.472 e. The van der Waals surface area contributed by atoms with Gasteiger partial charge in [-0.05, 0) is 31.2 Å². The number of ether oxygens (including phenoxy) is 3. The van der Waals surface area contributed by atoms with E-state index >= 15 is 4.39 Å². The summed E-state index contributed by atoms with van der Waals surface area (Å²) in [7, 11) is -3.19. The quantitative estimate of drug-likeness (QED) is 0.119. The lowest BCUT2D eigenvalue weighted by atomic mass is 10.1. The maximum atomic E-state index is 15.1. The highest BCUT2D eigenvalue weighted by molar-refractivity contribution is 7.98. The Labute approximate surface area is 249 Å². The van der Waals surface area contributed by atoms with E-state index in [9.17, 15) is 14.6 Å². The molecule has 7 atom stereocenters. The second kappa shape index (κ2) is 16.7. The van der Waals surface area contributed by atoms with Crippen LogP contribution in [-0.4, -0.2) is 92.4 Å². The standard InChI is InChI=1S/C25H41ClFN4O8PS/c1-5-6-7-8-9-10-11-16(2)38-17(14-41-4)12-36-40(33,34)37-13-18-21(32)19(27)24(39-18)31-15-28-20-22(31)29-25(26)30-23(20)35-3/h15-19,21,24,32H,5-14H2,1-4H3,(H,33,34)/t16?,17?,18-,19?,21?,24-/m1/s1. The van der Waals surface area contributed by atoms with Gasteiger partial charge in [-0.1, -0.05) is 45.4 Å². The number of phosphoric acid groups is 1. The van der Waals surface area contributed by atoms with Crippen molar-refractivity contribution in [3.05, 3.63) is 11.6 Å². The number of imidazole rings is 1. The fraction of sp³-hybridized carbons (Fsp3) is 0.800. The van der Waals surface area contributed by atoms with Crippen molar-refractivity contribution in [2.45, 2.75) is 95.6 Å². The molecule has 234 valence electrons. The summed E-state index contributed by atoms with van der Waals surface area (Å²) in [5.41, 5.74) is 0.350. The molecule has 2 aromatic heterocycles.